The molecule has 1 aromatic carbocycles. The van der Waals surface area contributed by atoms with E-state index in [-0.39, 0.29) is 5.91 Å². The van der Waals surface area contributed by atoms with Gasteiger partial charge in [0.1, 0.15) is 0 Å². The van der Waals surface area contributed by atoms with Gasteiger partial charge in [-0.05, 0) is 45.0 Å². The van der Waals surface area contributed by atoms with Gasteiger partial charge in [-0.2, -0.15) is 0 Å². The van der Waals surface area contributed by atoms with Crippen molar-refractivity contribution in [2.75, 3.05) is 26.7 Å². The van der Waals surface area contributed by atoms with Crippen molar-refractivity contribution in [3.05, 3.63) is 35.4 Å². The Bertz CT molecular complexity index is 386. The molecule has 1 fully saturated rings. The maximum Gasteiger partial charge on any atom is 0.253 e. The van der Waals surface area contributed by atoms with Crippen LogP contribution in [0.15, 0.2) is 24.3 Å². The van der Waals surface area contributed by atoms with Crippen LogP contribution in [-0.2, 0) is 0 Å². The molecule has 1 aliphatic rings. The van der Waals surface area contributed by atoms with Crippen molar-refractivity contribution in [3.8, 4) is 0 Å². The Morgan fingerprint density at radius 1 is 1.41 bits per heavy atom. The average molecular weight is 232 g/mol. The highest BCUT2D eigenvalue weighted by atomic mass is 16.2. The van der Waals surface area contributed by atoms with E-state index in [1.807, 2.05) is 43.1 Å². The van der Waals surface area contributed by atoms with Crippen molar-refractivity contribution in [3.63, 3.8) is 0 Å². The molecule has 3 heteroatoms. The maximum atomic E-state index is 12.2. The third kappa shape index (κ3) is 2.86. The van der Waals surface area contributed by atoms with Crippen molar-refractivity contribution in [1.82, 2.24) is 10.2 Å². The van der Waals surface area contributed by atoms with E-state index in [2.05, 4.69) is 5.32 Å². The van der Waals surface area contributed by atoms with Gasteiger partial charge in [0.05, 0.1) is 0 Å². The molecule has 0 unspecified atom stereocenters. The van der Waals surface area contributed by atoms with Gasteiger partial charge in [-0.15, -0.1) is 0 Å². The Morgan fingerprint density at radius 2 is 2.12 bits per heavy atom. The lowest BCUT2D eigenvalue weighted by Crippen LogP contribution is -2.30. The van der Waals surface area contributed by atoms with Gasteiger partial charge < -0.3 is 10.2 Å². The highest BCUT2D eigenvalue weighted by Gasteiger charge is 2.26. The van der Waals surface area contributed by atoms with Crippen LogP contribution < -0.4 is 5.32 Å². The van der Waals surface area contributed by atoms with Crippen LogP contribution >= 0.6 is 0 Å². The minimum atomic E-state index is 0.170. The largest absolute Gasteiger partial charge is 0.338 e. The van der Waals surface area contributed by atoms with Gasteiger partial charge in [-0.25, -0.2) is 0 Å². The van der Waals surface area contributed by atoms with E-state index in [1.165, 1.54) is 5.56 Å². The number of carbonyl (C=O) groups is 1. The van der Waals surface area contributed by atoms with Gasteiger partial charge in [-0.1, -0.05) is 17.7 Å². The van der Waals surface area contributed by atoms with Crippen LogP contribution in [0.2, 0.25) is 0 Å². The number of benzene rings is 1. The lowest BCUT2D eigenvalue weighted by atomic mass is 10.1. The molecule has 2 rings (SSSR count). The summed E-state index contributed by atoms with van der Waals surface area (Å²) in [4.78, 5) is 14.2. The van der Waals surface area contributed by atoms with Crippen molar-refractivity contribution in [2.45, 2.75) is 13.3 Å². The Hall–Kier alpha value is -1.35. The second-order valence-electron chi connectivity index (χ2n) is 4.83. The standard InChI is InChI=1S/C14H20N2O/c1-11-3-5-13(6-4-11)14(17)16-8-7-12(10-16)9-15-2/h3-6,12,15H,7-10H2,1-2H3/t12-/m1/s1. The predicted octanol–water partition coefficient (Wildman–Crippen LogP) is 1.68. The number of nitrogens with one attached hydrogen (secondary N) is 1. The number of hydrogen-bond acceptors (Lipinski definition) is 2. The SMILES string of the molecule is CNC[C@H]1CCN(C(=O)c2ccc(C)cc2)C1. The summed E-state index contributed by atoms with van der Waals surface area (Å²) in [6.45, 7) is 4.80. The van der Waals surface area contributed by atoms with E-state index in [9.17, 15) is 4.79 Å². The van der Waals surface area contributed by atoms with Crippen LogP contribution in [0.1, 0.15) is 22.3 Å². The third-order valence-electron chi connectivity index (χ3n) is 3.36. The number of hydrogen-bond donors (Lipinski definition) is 1. The summed E-state index contributed by atoms with van der Waals surface area (Å²) in [7, 11) is 1.96. The van der Waals surface area contributed by atoms with E-state index in [1.54, 1.807) is 0 Å². The Labute approximate surface area is 103 Å². The number of carbonyl (C=O) groups excluding carboxylic acids is 1. The molecule has 1 aliphatic heterocycles. The molecule has 1 saturated heterocycles. The molecule has 0 spiro atoms. The Morgan fingerprint density at radius 3 is 2.76 bits per heavy atom. The van der Waals surface area contributed by atoms with Crippen LogP contribution in [0.3, 0.4) is 0 Å². The lowest BCUT2D eigenvalue weighted by Gasteiger charge is -2.16. The molecule has 1 atom stereocenters. The quantitative estimate of drug-likeness (QED) is 0.860. The minimum Gasteiger partial charge on any atom is -0.338 e. The number of rotatable bonds is 3. The summed E-state index contributed by atoms with van der Waals surface area (Å²) in [5.74, 6) is 0.776. The van der Waals surface area contributed by atoms with E-state index >= 15 is 0 Å². The molecule has 92 valence electrons. The summed E-state index contributed by atoms with van der Waals surface area (Å²) in [5, 5.41) is 3.18. The topological polar surface area (TPSA) is 32.3 Å². The summed E-state index contributed by atoms with van der Waals surface area (Å²) in [6, 6.07) is 7.83. The smallest absolute Gasteiger partial charge is 0.253 e. The number of aryl methyl sites for hydroxylation is 1. The fourth-order valence-electron chi connectivity index (χ4n) is 2.35. The van der Waals surface area contributed by atoms with E-state index < -0.39 is 0 Å². The fourth-order valence-corrected chi connectivity index (χ4v) is 2.35. The van der Waals surface area contributed by atoms with Gasteiger partial charge in [-0.3, -0.25) is 4.79 Å². The van der Waals surface area contributed by atoms with Gasteiger partial charge >= 0.3 is 0 Å². The minimum absolute atomic E-state index is 0.170. The van der Waals surface area contributed by atoms with E-state index in [4.69, 9.17) is 0 Å². The maximum absolute atomic E-state index is 12.2. The first-order valence-corrected chi connectivity index (χ1v) is 6.21. The first-order valence-electron chi connectivity index (χ1n) is 6.21. The van der Waals surface area contributed by atoms with Crippen molar-refractivity contribution in [1.29, 1.82) is 0 Å². The molecule has 0 radical (unpaired) electrons. The van der Waals surface area contributed by atoms with Gasteiger partial charge in [0.15, 0.2) is 0 Å². The first kappa shape index (κ1) is 12.1. The number of amides is 1. The molecule has 3 nitrogen and oxygen atoms in total. The molecule has 1 aromatic rings. The van der Waals surface area contributed by atoms with Gasteiger partial charge in [0.25, 0.3) is 5.91 Å². The zero-order valence-electron chi connectivity index (χ0n) is 10.6. The van der Waals surface area contributed by atoms with Gasteiger partial charge in [0, 0.05) is 18.7 Å². The monoisotopic (exact) mass is 232 g/mol. The number of likely N-dealkylation sites (tertiary alicyclic amines) is 1. The van der Waals surface area contributed by atoms with Crippen LogP contribution in [0.5, 0.6) is 0 Å². The lowest BCUT2D eigenvalue weighted by molar-refractivity contribution is 0.0787. The summed E-state index contributed by atoms with van der Waals surface area (Å²) < 4.78 is 0. The molecule has 0 aliphatic carbocycles. The molecule has 1 amide bonds. The van der Waals surface area contributed by atoms with Crippen molar-refractivity contribution >= 4 is 5.91 Å². The second kappa shape index (κ2) is 5.32. The van der Waals surface area contributed by atoms with E-state index in [0.717, 1.165) is 31.6 Å². The highest BCUT2D eigenvalue weighted by molar-refractivity contribution is 5.94. The van der Waals surface area contributed by atoms with Crippen LogP contribution in [0, 0.1) is 12.8 Å². The molecule has 0 saturated carbocycles. The highest BCUT2D eigenvalue weighted by Crippen LogP contribution is 2.18. The van der Waals surface area contributed by atoms with Crippen molar-refractivity contribution in [2.24, 2.45) is 5.92 Å². The molecule has 0 aromatic heterocycles. The fraction of sp³-hybridized carbons (Fsp3) is 0.500. The zero-order valence-corrected chi connectivity index (χ0v) is 10.6. The summed E-state index contributed by atoms with van der Waals surface area (Å²) >= 11 is 0. The Balaban J connectivity index is 1.99. The van der Waals surface area contributed by atoms with Crippen LogP contribution in [0.25, 0.3) is 0 Å². The summed E-state index contributed by atoms with van der Waals surface area (Å²) in [5.41, 5.74) is 2.00. The second-order valence-corrected chi connectivity index (χ2v) is 4.83. The Kier molecular flexibility index (Phi) is 3.79. The van der Waals surface area contributed by atoms with Crippen molar-refractivity contribution < 1.29 is 4.79 Å². The summed E-state index contributed by atoms with van der Waals surface area (Å²) in [6.07, 6.45) is 1.11. The molecule has 0 bridgehead atoms. The third-order valence-corrected chi connectivity index (χ3v) is 3.36. The van der Waals surface area contributed by atoms with Crippen LogP contribution in [-0.4, -0.2) is 37.5 Å². The van der Waals surface area contributed by atoms with Gasteiger partial charge in [0.2, 0.25) is 0 Å². The zero-order chi connectivity index (χ0) is 12.3. The number of nitrogens with zero attached hydrogens (tertiary/aromatic N) is 1. The predicted molar refractivity (Wildman–Crippen MR) is 69.1 cm³/mol. The molecule has 1 heterocycles. The molecule has 1 N–H and O–H groups in total. The molecule has 17 heavy (non-hydrogen) atoms. The molecular formula is C14H20N2O. The normalized spacial score (nSPS) is 19.6. The first-order chi connectivity index (χ1) is 8.20. The molecular weight excluding hydrogens is 212 g/mol. The average Bonchev–Trinajstić information content (AvgIpc) is 2.78. The van der Waals surface area contributed by atoms with E-state index in [0.29, 0.717) is 5.92 Å². The van der Waals surface area contributed by atoms with Crippen LogP contribution in [0.4, 0.5) is 0 Å².